The van der Waals surface area contributed by atoms with E-state index >= 15 is 0 Å². The maximum Gasteiger partial charge on any atom is 0.673 e. The molecule has 0 fully saturated rings. The molecule has 0 aliphatic heterocycles. The third-order valence-electron chi connectivity index (χ3n) is 4.69. The highest BCUT2D eigenvalue weighted by Gasteiger charge is 2.35. The molecule has 0 aliphatic rings. The zero-order valence-corrected chi connectivity index (χ0v) is 18.1. The van der Waals surface area contributed by atoms with Gasteiger partial charge in [0.15, 0.2) is 0 Å². The lowest BCUT2D eigenvalue weighted by atomic mass is 10.1. The zero-order valence-electron chi connectivity index (χ0n) is 17.2. The Labute approximate surface area is 164 Å². The minimum atomic E-state index is -6.00. The highest BCUT2D eigenvalue weighted by Crippen LogP contribution is 2.63. The summed E-state index contributed by atoms with van der Waals surface area (Å²) in [6.07, 6.45) is 16.1. The first-order chi connectivity index (χ1) is 12.7. The van der Waals surface area contributed by atoms with Crippen molar-refractivity contribution in [3.05, 3.63) is 42.0 Å². The second-order valence-corrected chi connectivity index (χ2v) is 11.5. The van der Waals surface area contributed by atoms with Gasteiger partial charge < -0.3 is 17.3 Å². The number of hydrogen-bond acceptors (Lipinski definition) is 0. The Kier molecular flexibility index (Phi) is 13.8. The van der Waals surface area contributed by atoms with E-state index in [1.165, 1.54) is 68.7 Å². The molecule has 0 bridgehead atoms. The van der Waals surface area contributed by atoms with E-state index < -0.39 is 14.5 Å². The van der Waals surface area contributed by atoms with Crippen LogP contribution in [0.25, 0.3) is 6.08 Å². The Balaban J connectivity index is 0.00000119. The van der Waals surface area contributed by atoms with Gasteiger partial charge in [-0.2, -0.15) is 0 Å². The van der Waals surface area contributed by atoms with Crippen LogP contribution in [0, 0.1) is 0 Å². The summed E-state index contributed by atoms with van der Waals surface area (Å²) in [7, 11) is -6.82. The maximum atomic E-state index is 9.75. The lowest BCUT2D eigenvalue weighted by Gasteiger charge is -2.28. The van der Waals surface area contributed by atoms with Crippen LogP contribution < -0.4 is 0 Å². The summed E-state index contributed by atoms with van der Waals surface area (Å²) < 4.78 is 39.0. The second-order valence-electron chi connectivity index (χ2n) is 7.17. The molecule has 1 aromatic carbocycles. The summed E-state index contributed by atoms with van der Waals surface area (Å²) in [6.45, 7) is 10.9. The summed E-state index contributed by atoms with van der Waals surface area (Å²) in [4.78, 5) is 0. The summed E-state index contributed by atoms with van der Waals surface area (Å²) in [6, 6.07) is 9.15. The molecule has 0 atom stereocenters. The van der Waals surface area contributed by atoms with E-state index in [1.807, 2.05) is 6.08 Å². The van der Waals surface area contributed by atoms with Crippen LogP contribution in [0.3, 0.4) is 0 Å². The second kappa shape index (κ2) is 14.2. The number of rotatable bonds is 12. The van der Waals surface area contributed by atoms with Crippen LogP contribution in [-0.2, 0) is 6.16 Å². The quantitative estimate of drug-likeness (QED) is 0.185. The zero-order chi connectivity index (χ0) is 20.8. The first-order valence-electron chi connectivity index (χ1n) is 10.1. The molecule has 27 heavy (non-hydrogen) atoms. The van der Waals surface area contributed by atoms with Crippen molar-refractivity contribution in [2.75, 3.05) is 18.5 Å². The van der Waals surface area contributed by atoms with Crippen LogP contribution in [0.4, 0.5) is 17.3 Å². The molecule has 0 unspecified atom stereocenters. The Morgan fingerprint density at radius 2 is 1.19 bits per heavy atom. The van der Waals surface area contributed by atoms with Crippen molar-refractivity contribution in [3.63, 3.8) is 0 Å². The highest BCUT2D eigenvalue weighted by atomic mass is 31.2. The fraction of sp³-hybridized carbons (Fsp3) is 0.619. The van der Waals surface area contributed by atoms with Gasteiger partial charge in [0.05, 0.1) is 24.6 Å². The van der Waals surface area contributed by atoms with Crippen LogP contribution in [0.2, 0.25) is 0 Å². The van der Waals surface area contributed by atoms with Crippen molar-refractivity contribution < 1.29 is 17.3 Å². The summed E-state index contributed by atoms with van der Waals surface area (Å²) in [5.74, 6) is 0. The molecular weight excluding hydrogens is 370 g/mol. The van der Waals surface area contributed by atoms with Gasteiger partial charge >= 0.3 is 7.25 Å². The first kappa shape index (κ1) is 26.2. The third kappa shape index (κ3) is 13.9. The van der Waals surface area contributed by atoms with E-state index in [1.54, 1.807) is 5.56 Å². The smallest absolute Gasteiger partial charge is 0.418 e. The monoisotopic (exact) mass is 406 g/mol. The Bertz CT molecular complexity index is 472. The minimum Gasteiger partial charge on any atom is -0.418 e. The van der Waals surface area contributed by atoms with Crippen molar-refractivity contribution in [3.8, 4) is 0 Å². The highest BCUT2D eigenvalue weighted by molar-refractivity contribution is 7.75. The summed E-state index contributed by atoms with van der Waals surface area (Å²) in [5.41, 5.74) is 2.80. The average Bonchev–Trinajstić information content (AvgIpc) is 2.62. The van der Waals surface area contributed by atoms with Gasteiger partial charge in [-0.15, -0.1) is 0 Å². The molecule has 1 aromatic rings. The van der Waals surface area contributed by atoms with Crippen molar-refractivity contribution >= 4 is 20.6 Å². The maximum absolute atomic E-state index is 9.75. The van der Waals surface area contributed by atoms with Crippen molar-refractivity contribution in [1.82, 2.24) is 0 Å². The normalized spacial score (nSPS) is 11.7. The van der Waals surface area contributed by atoms with Gasteiger partial charge in [0.1, 0.15) is 0 Å². The molecule has 0 saturated heterocycles. The van der Waals surface area contributed by atoms with Crippen LogP contribution in [0.15, 0.2) is 30.8 Å². The van der Waals surface area contributed by atoms with Gasteiger partial charge in [0, 0.05) is 7.26 Å². The topological polar surface area (TPSA) is 0 Å². The molecule has 6 heteroatoms. The SMILES string of the molecule is C=Cc1ccc(C[P+](CCCC)(CCCC)CCCC)cc1.F[B-](F)(F)F. The molecule has 0 nitrogen and oxygen atoms in total. The van der Waals surface area contributed by atoms with E-state index in [2.05, 4.69) is 51.6 Å². The molecule has 0 aromatic heterocycles. The number of hydrogen-bond donors (Lipinski definition) is 0. The predicted octanol–water partition coefficient (Wildman–Crippen LogP) is 8.55. The molecule has 0 amide bonds. The van der Waals surface area contributed by atoms with Crippen LogP contribution in [-0.4, -0.2) is 25.7 Å². The number of benzene rings is 1. The largest absolute Gasteiger partial charge is 0.673 e. The third-order valence-corrected chi connectivity index (χ3v) is 9.52. The molecule has 0 spiro atoms. The number of unbranched alkanes of at least 4 members (excludes halogenated alkanes) is 3. The first-order valence-corrected chi connectivity index (χ1v) is 12.7. The van der Waals surface area contributed by atoms with Crippen molar-refractivity contribution in [1.29, 1.82) is 0 Å². The molecular formula is C21H36BF4P. The molecule has 0 radical (unpaired) electrons. The minimum absolute atomic E-state index is 0.817. The van der Waals surface area contributed by atoms with Gasteiger partial charge in [-0.05, 0) is 30.4 Å². The molecule has 0 heterocycles. The fourth-order valence-corrected chi connectivity index (χ4v) is 8.29. The fourth-order valence-electron chi connectivity index (χ4n) is 3.20. The van der Waals surface area contributed by atoms with Crippen molar-refractivity contribution in [2.45, 2.75) is 65.5 Å². The summed E-state index contributed by atoms with van der Waals surface area (Å²) in [5, 5.41) is 0. The molecule has 156 valence electrons. The van der Waals surface area contributed by atoms with Crippen molar-refractivity contribution in [2.24, 2.45) is 0 Å². The molecule has 0 aliphatic carbocycles. The van der Waals surface area contributed by atoms with Gasteiger partial charge in [-0.3, -0.25) is 0 Å². The van der Waals surface area contributed by atoms with Crippen LogP contribution in [0.1, 0.15) is 70.4 Å². The van der Waals surface area contributed by atoms with E-state index in [0.717, 1.165) is 0 Å². The summed E-state index contributed by atoms with van der Waals surface area (Å²) >= 11 is 0. The lowest BCUT2D eigenvalue weighted by Crippen LogP contribution is -2.11. The van der Waals surface area contributed by atoms with Gasteiger partial charge in [-0.25, -0.2) is 0 Å². The van der Waals surface area contributed by atoms with E-state index in [-0.39, 0.29) is 0 Å². The Morgan fingerprint density at radius 3 is 1.48 bits per heavy atom. The Morgan fingerprint density at radius 1 is 0.815 bits per heavy atom. The van der Waals surface area contributed by atoms with Crippen LogP contribution in [0.5, 0.6) is 0 Å². The molecule has 0 saturated carbocycles. The standard InChI is InChI=1S/C21H36P.BF4/c1-5-9-16-22(17-10-6-2,18-11-7-3)19-21-14-12-20(8-4)13-15-21;2-1(3,4)5/h8,12-15H,4-7,9-11,16-19H2,1-3H3;/q+1;-1. The Hall–Kier alpha value is -0.825. The number of halogens is 4. The predicted molar refractivity (Wildman–Crippen MR) is 117 cm³/mol. The van der Waals surface area contributed by atoms with Gasteiger partial charge in [0.25, 0.3) is 0 Å². The van der Waals surface area contributed by atoms with E-state index in [0.29, 0.717) is 0 Å². The molecule has 1 rings (SSSR count). The molecule has 0 N–H and O–H groups in total. The van der Waals surface area contributed by atoms with Gasteiger partial charge in [0.2, 0.25) is 0 Å². The van der Waals surface area contributed by atoms with Gasteiger partial charge in [-0.1, -0.05) is 77.0 Å². The average molecular weight is 406 g/mol. The lowest BCUT2D eigenvalue weighted by molar-refractivity contribution is 0.368. The van der Waals surface area contributed by atoms with E-state index in [9.17, 15) is 17.3 Å². The van der Waals surface area contributed by atoms with Crippen LogP contribution >= 0.6 is 7.26 Å². The van der Waals surface area contributed by atoms with E-state index in [4.69, 9.17) is 0 Å².